The van der Waals surface area contributed by atoms with E-state index in [4.69, 9.17) is 20.9 Å². The molecule has 2 fully saturated rings. The molecule has 0 bridgehead atoms. The second kappa shape index (κ2) is 33.5. The van der Waals surface area contributed by atoms with E-state index in [9.17, 15) is 106 Å². The molecule has 4 aromatic rings. The minimum atomic E-state index is -6.00. The number of amides is 4. The SMILES string of the molecule is CC(C)(COP(=O)([O-])OP(=O)([O-])OC[C@H]1O[C@@H](n2cnc3c(N)ncnc32)[C@H](O)[C@@H]1OP(=O)([O-])[O-])[C@@H](O)C(=O)NCCC(=O)NCCSSCCNC(=O)CCNC(=O)[C@H](O)C(C)(C)COP(=O)([O-])OP(=O)([O-])OC[C@H]1O[C@@H](n2cnc3c(N)ncnc32)[C@H](O)[C@@H]1OP(=O)([O-])[O-]. The summed E-state index contributed by atoms with van der Waals surface area (Å²) in [5.74, 6) is -2.71. The van der Waals surface area contributed by atoms with Crippen LogP contribution in [0.5, 0.6) is 0 Å². The maximum Gasteiger partial charge on any atom is 0.274 e. The lowest BCUT2D eigenvalue weighted by Gasteiger charge is -2.36. The molecule has 2 aliphatic heterocycles. The number of rotatable bonds is 39. The van der Waals surface area contributed by atoms with Crippen molar-refractivity contribution in [3.8, 4) is 0 Å². The average molecular weight is 1530 g/mol. The van der Waals surface area contributed by atoms with E-state index < -0.39 is 169 Å². The number of fused-ring (bicyclic) bond motifs is 2. The number of aliphatic hydroxyl groups excluding tert-OH is 4. The zero-order valence-electron chi connectivity index (χ0n) is 50.0. The van der Waals surface area contributed by atoms with Crippen LogP contribution in [-0.4, -0.2) is 196 Å². The van der Waals surface area contributed by atoms with E-state index in [1.54, 1.807) is 0 Å². The van der Waals surface area contributed by atoms with Gasteiger partial charge < -0.3 is 138 Å². The van der Waals surface area contributed by atoms with Crippen LogP contribution in [0.1, 0.15) is 53.0 Å². The molecule has 0 spiro atoms. The third kappa shape index (κ3) is 23.7. The molecule has 54 heteroatoms. The minimum absolute atomic E-state index is 0.00775. The first-order chi connectivity index (χ1) is 44.4. The van der Waals surface area contributed by atoms with Gasteiger partial charge in [-0.3, -0.25) is 46.6 Å². The molecule has 2 aliphatic rings. The topological polar surface area (TPSA) is 716 Å². The van der Waals surface area contributed by atoms with Crippen molar-refractivity contribution in [2.45, 2.75) is 102 Å². The van der Waals surface area contributed by atoms with E-state index in [1.165, 1.54) is 21.6 Å². The third-order valence-corrected chi connectivity index (χ3v) is 21.6. The Morgan fingerprint density at radius 2 is 0.906 bits per heavy atom. The van der Waals surface area contributed by atoms with Crippen LogP contribution in [0.4, 0.5) is 11.6 Å². The van der Waals surface area contributed by atoms with Gasteiger partial charge in [-0.2, -0.15) is 0 Å². The van der Waals surface area contributed by atoms with E-state index in [2.05, 4.69) is 86.9 Å². The van der Waals surface area contributed by atoms with E-state index in [-0.39, 0.29) is 73.0 Å². The van der Waals surface area contributed by atoms with Gasteiger partial charge in [0.15, 0.2) is 35.4 Å². The number of nitrogens with two attached hydrogens (primary N) is 2. The van der Waals surface area contributed by atoms with E-state index in [0.29, 0.717) is 11.5 Å². The number of imidazole rings is 2. The van der Waals surface area contributed by atoms with Crippen LogP contribution in [0.15, 0.2) is 25.3 Å². The molecule has 0 saturated carbocycles. The number of hydrogen-bond donors (Lipinski definition) is 10. The summed E-state index contributed by atoms with van der Waals surface area (Å²) < 4.78 is 122. The largest absolute Gasteiger partial charge is 0.790 e. The Morgan fingerprint density at radius 1 is 0.562 bits per heavy atom. The number of carbonyl (C=O) groups excluding carboxylic acids is 4. The number of carbonyl (C=O) groups is 4. The number of aromatic nitrogens is 8. The summed E-state index contributed by atoms with van der Waals surface area (Å²) >= 11 is 0. The number of nitrogens with zero attached hydrogens (tertiary/aromatic N) is 8. The third-order valence-electron chi connectivity index (χ3n) is 13.2. The smallest absolute Gasteiger partial charge is 0.274 e. The highest BCUT2D eigenvalue weighted by Gasteiger charge is 2.49. The van der Waals surface area contributed by atoms with Crippen molar-refractivity contribution in [1.82, 2.24) is 60.3 Å². The van der Waals surface area contributed by atoms with Crippen molar-refractivity contribution < 1.29 is 151 Å². The summed E-state index contributed by atoms with van der Waals surface area (Å²) in [6.45, 7) is -0.505. The van der Waals surface area contributed by atoms with Gasteiger partial charge in [-0.1, -0.05) is 49.3 Å². The van der Waals surface area contributed by atoms with Crippen LogP contribution >= 0.6 is 68.5 Å². The number of aliphatic hydroxyl groups is 4. The maximum atomic E-state index is 12.7. The fourth-order valence-corrected chi connectivity index (χ4v) is 15.7. The average Bonchev–Trinajstić information content (AvgIpc) is 1.62. The molecule has 0 aromatic carbocycles. The highest BCUT2D eigenvalue weighted by molar-refractivity contribution is 8.76. The van der Waals surface area contributed by atoms with E-state index in [0.717, 1.165) is 62.1 Å². The highest BCUT2D eigenvalue weighted by atomic mass is 33.1. The molecular formula is C42H62N14O32P6S2-8. The predicted molar refractivity (Wildman–Crippen MR) is 306 cm³/mol. The molecule has 4 aromatic heterocycles. The zero-order valence-corrected chi connectivity index (χ0v) is 57.0. The molecule has 0 aliphatic carbocycles. The van der Waals surface area contributed by atoms with Gasteiger partial charge in [0.1, 0.15) is 72.5 Å². The van der Waals surface area contributed by atoms with Crippen molar-refractivity contribution in [2.75, 3.05) is 75.6 Å². The van der Waals surface area contributed by atoms with Gasteiger partial charge in [-0.05, 0) is 0 Å². The number of nitrogen functional groups attached to an aromatic ring is 2. The van der Waals surface area contributed by atoms with Gasteiger partial charge in [-0.15, -0.1) is 0 Å². The summed E-state index contributed by atoms with van der Waals surface area (Å²) in [6, 6.07) is 0. The van der Waals surface area contributed by atoms with Crippen molar-refractivity contribution in [3.05, 3.63) is 25.3 Å². The standard InChI is InChI=1S/C42H70N14O32P6S2/c1-41(2,15-81-93(75,76)87-91(71,72)79-13-21-29(85-89(65,66)67)27(59)39(83-21)55-19-53-25-33(43)49-17-51-35(25)55)31(61)37(63)47-7-5-23(57)45-9-11-95-96-12-10-46-24(58)6-8-48-38(64)32(62)42(3,4)16-82-94(77,78)88-92(73,74)80-14-22-30(86-90(68,69)70)28(60)40(84-22)56-20-54-26-34(44)50-18-52-36(26)56/h17-22,27-32,39-40,59-62H,5-16H2,1-4H3,(H,45,57)(H,46,58)(H,47,63)(H,48,64)(H,71,72)(H,73,74)(H,75,76)(H,77,78)(H2,43,49,51)(H2,44,50,52)(H2,65,66,67)(H2,68,69,70)/p-8/t21-,22-,27-,28-,29-,30-,31+,32+,39-,40-/m1/s1. The second-order valence-electron chi connectivity index (χ2n) is 21.6. The molecule has 6 heterocycles. The van der Waals surface area contributed by atoms with E-state index in [1.807, 2.05) is 0 Å². The number of nitrogens with one attached hydrogen (secondary N) is 4. The number of phosphoric ester groups is 6. The Kier molecular flexibility index (Phi) is 28.2. The van der Waals surface area contributed by atoms with E-state index >= 15 is 0 Å². The molecule has 0 radical (unpaired) electrons. The summed E-state index contributed by atoms with van der Waals surface area (Å²) in [5, 5.41) is 52.8. The summed E-state index contributed by atoms with van der Waals surface area (Å²) in [4.78, 5) is 170. The summed E-state index contributed by atoms with van der Waals surface area (Å²) in [7, 11) is -33.0. The van der Waals surface area contributed by atoms with Crippen LogP contribution in [-0.2, 0) is 91.8 Å². The van der Waals surface area contributed by atoms with Crippen LogP contribution in [0.3, 0.4) is 0 Å². The predicted octanol–water partition coefficient (Wildman–Crippen LogP) is -7.85. The summed E-state index contributed by atoms with van der Waals surface area (Å²) in [5.41, 5.74) is 7.85. The normalized spacial score (nSPS) is 23.5. The molecule has 96 heavy (non-hydrogen) atoms. The van der Waals surface area contributed by atoms with Crippen molar-refractivity contribution >= 4 is 126 Å². The lowest BCUT2D eigenvalue weighted by atomic mass is 9.87. The fourth-order valence-electron chi connectivity index (χ4n) is 8.42. The lowest BCUT2D eigenvalue weighted by Crippen LogP contribution is -2.46. The quantitative estimate of drug-likeness (QED) is 0.0113. The Labute approximate surface area is 549 Å². The number of ether oxygens (including phenoxy) is 2. The molecule has 4 unspecified atom stereocenters. The van der Waals surface area contributed by atoms with Crippen LogP contribution in [0, 0.1) is 10.8 Å². The van der Waals surface area contributed by atoms with Gasteiger partial charge in [-0.25, -0.2) is 38.5 Å². The molecule has 4 amide bonds. The minimum Gasteiger partial charge on any atom is -0.790 e. The first-order valence-electron chi connectivity index (χ1n) is 27.3. The summed E-state index contributed by atoms with van der Waals surface area (Å²) in [6.07, 6.45) is -16.0. The van der Waals surface area contributed by atoms with Crippen molar-refractivity contribution in [3.63, 3.8) is 0 Å². The van der Waals surface area contributed by atoms with Gasteiger partial charge in [0, 0.05) is 61.4 Å². The van der Waals surface area contributed by atoms with Crippen LogP contribution < -0.4 is 71.9 Å². The molecule has 14 atom stereocenters. The lowest BCUT2D eigenvalue weighted by molar-refractivity contribution is -0.348. The Balaban J connectivity index is 0.798. The van der Waals surface area contributed by atoms with Crippen LogP contribution in [0.25, 0.3) is 22.3 Å². The molecule has 46 nitrogen and oxygen atoms in total. The number of hydrogen-bond acceptors (Lipinski definition) is 42. The zero-order chi connectivity index (χ0) is 71.6. The first-order valence-corrected chi connectivity index (χ1v) is 38.5. The molecule has 542 valence electrons. The monoisotopic (exact) mass is 1520 g/mol. The Morgan fingerprint density at radius 3 is 1.25 bits per heavy atom. The fraction of sp³-hybridized carbons (Fsp3) is 0.667. The molecule has 6 rings (SSSR count). The van der Waals surface area contributed by atoms with Gasteiger partial charge in [0.05, 0.1) is 54.7 Å². The maximum absolute atomic E-state index is 12.7. The van der Waals surface area contributed by atoms with Crippen molar-refractivity contribution in [2.24, 2.45) is 10.8 Å². The number of anilines is 2. The van der Waals surface area contributed by atoms with Gasteiger partial charge in [0.2, 0.25) is 23.6 Å². The Hall–Kier alpha value is -4.22. The first kappa shape index (κ1) is 80.8. The number of phosphoric acid groups is 6. The van der Waals surface area contributed by atoms with Crippen LogP contribution in [0.2, 0.25) is 0 Å². The van der Waals surface area contributed by atoms with Gasteiger partial charge in [0.25, 0.3) is 31.3 Å². The van der Waals surface area contributed by atoms with Gasteiger partial charge >= 0.3 is 0 Å². The highest BCUT2D eigenvalue weighted by Crippen LogP contribution is 2.58. The molecule has 12 N–H and O–H groups in total. The second-order valence-corrected chi connectivity index (χ2v) is 32.4. The Bertz CT molecular complexity index is 3450. The van der Waals surface area contributed by atoms with Crippen molar-refractivity contribution in [1.29, 1.82) is 0 Å². The molecular weight excluding hydrogens is 1460 g/mol. The molecule has 2 saturated heterocycles.